The Bertz CT molecular complexity index is 905. The summed E-state index contributed by atoms with van der Waals surface area (Å²) in [5.41, 5.74) is 2.88. The third-order valence-electron chi connectivity index (χ3n) is 6.18. The van der Waals surface area contributed by atoms with Gasteiger partial charge in [-0.3, -0.25) is 0 Å². The lowest BCUT2D eigenvalue weighted by Gasteiger charge is -2.21. The van der Waals surface area contributed by atoms with Gasteiger partial charge in [0.1, 0.15) is 0 Å². The van der Waals surface area contributed by atoms with Crippen LogP contribution in [0.15, 0.2) is 71.8 Å². The summed E-state index contributed by atoms with van der Waals surface area (Å²) in [7, 11) is 0. The highest BCUT2D eigenvalue weighted by atomic mass is 16.7. The van der Waals surface area contributed by atoms with E-state index in [0.717, 1.165) is 30.4 Å². The molecular formula is C27H30O6. The Kier molecular flexibility index (Phi) is 7.57. The van der Waals surface area contributed by atoms with Gasteiger partial charge in [-0.15, -0.1) is 0 Å². The number of benzene rings is 2. The summed E-state index contributed by atoms with van der Waals surface area (Å²) in [4.78, 5) is 25.9. The maximum Gasteiger partial charge on any atom is 0.337 e. The van der Waals surface area contributed by atoms with E-state index in [9.17, 15) is 9.59 Å². The molecule has 174 valence electrons. The van der Waals surface area contributed by atoms with Crippen molar-refractivity contribution in [2.24, 2.45) is 11.8 Å². The molecule has 6 nitrogen and oxygen atoms in total. The average molecular weight is 451 g/mol. The van der Waals surface area contributed by atoms with Crippen molar-refractivity contribution in [1.82, 2.24) is 0 Å². The second-order valence-corrected chi connectivity index (χ2v) is 8.57. The number of hydrogen-bond donors (Lipinski definition) is 0. The fourth-order valence-corrected chi connectivity index (χ4v) is 4.57. The molecule has 3 unspecified atom stereocenters. The van der Waals surface area contributed by atoms with Crippen LogP contribution in [0.3, 0.4) is 0 Å². The fourth-order valence-electron chi connectivity index (χ4n) is 4.57. The minimum Gasteiger partial charge on any atom is -0.433 e. The molecule has 0 saturated heterocycles. The van der Waals surface area contributed by atoms with Gasteiger partial charge in [0.15, 0.2) is 0 Å². The molecule has 4 rings (SSSR count). The van der Waals surface area contributed by atoms with E-state index in [-0.39, 0.29) is 11.8 Å². The van der Waals surface area contributed by atoms with Crippen molar-refractivity contribution < 1.29 is 28.5 Å². The van der Waals surface area contributed by atoms with E-state index in [2.05, 4.69) is 0 Å². The molecule has 0 aliphatic heterocycles. The Morgan fingerprint density at radius 2 is 1.12 bits per heavy atom. The molecule has 0 amide bonds. The maximum absolute atomic E-state index is 13.0. The van der Waals surface area contributed by atoms with Crippen LogP contribution in [0.2, 0.25) is 0 Å². The first-order valence-corrected chi connectivity index (χ1v) is 11.5. The van der Waals surface area contributed by atoms with Crippen molar-refractivity contribution in [3.63, 3.8) is 0 Å². The van der Waals surface area contributed by atoms with Crippen LogP contribution in [0.25, 0.3) is 0 Å². The first-order valence-electron chi connectivity index (χ1n) is 11.5. The minimum absolute atomic E-state index is 0.0342. The molecule has 2 aliphatic rings. The lowest BCUT2D eigenvalue weighted by Crippen LogP contribution is -2.27. The van der Waals surface area contributed by atoms with Gasteiger partial charge in [-0.05, 0) is 56.1 Å². The molecule has 6 heteroatoms. The fraction of sp³-hybridized carbons (Fsp3) is 0.407. The molecule has 0 N–H and O–H groups in total. The van der Waals surface area contributed by atoms with Gasteiger partial charge < -0.3 is 18.9 Å². The Balaban J connectivity index is 1.35. The van der Waals surface area contributed by atoms with E-state index in [4.69, 9.17) is 18.9 Å². The Morgan fingerprint density at radius 1 is 0.727 bits per heavy atom. The quantitative estimate of drug-likeness (QED) is 0.378. The molecule has 0 spiro atoms. The Morgan fingerprint density at radius 3 is 1.52 bits per heavy atom. The molecule has 2 aliphatic carbocycles. The van der Waals surface area contributed by atoms with E-state index >= 15 is 0 Å². The summed E-state index contributed by atoms with van der Waals surface area (Å²) in [6, 6.07) is 19.4. The first-order chi connectivity index (χ1) is 16.0. The highest BCUT2D eigenvalue weighted by Gasteiger charge is 2.46. The molecule has 1 fully saturated rings. The van der Waals surface area contributed by atoms with E-state index in [0.29, 0.717) is 24.4 Å². The molecule has 2 aromatic rings. The van der Waals surface area contributed by atoms with Crippen molar-refractivity contribution in [1.29, 1.82) is 0 Å². The van der Waals surface area contributed by atoms with Crippen LogP contribution < -0.4 is 0 Å². The largest absolute Gasteiger partial charge is 0.433 e. The minimum atomic E-state index is -0.727. The lowest BCUT2D eigenvalue weighted by atomic mass is 9.92. The first kappa shape index (κ1) is 23.2. The monoisotopic (exact) mass is 450 g/mol. The lowest BCUT2D eigenvalue weighted by molar-refractivity contribution is -0.176. The van der Waals surface area contributed by atoms with Gasteiger partial charge in [-0.2, -0.15) is 0 Å². The molecule has 0 radical (unpaired) electrons. The van der Waals surface area contributed by atoms with E-state index < -0.39 is 24.5 Å². The van der Waals surface area contributed by atoms with Crippen molar-refractivity contribution in [3.05, 3.63) is 82.9 Å². The SMILES string of the molecule is CC(OCc1ccccc1)OC(=O)C1=C(C(=O)O[C@@H](C)OCc2ccccc2)C2CCC1C2. The number of esters is 2. The number of carbonyl (C=O) groups is 2. The predicted octanol–water partition coefficient (Wildman–Crippen LogP) is 4.92. The second kappa shape index (κ2) is 10.8. The zero-order valence-electron chi connectivity index (χ0n) is 19.1. The summed E-state index contributed by atoms with van der Waals surface area (Å²) >= 11 is 0. The second-order valence-electron chi connectivity index (χ2n) is 8.57. The molecule has 1 saturated carbocycles. The normalized spacial score (nSPS) is 21.0. The molecule has 2 bridgehead atoms. The van der Waals surface area contributed by atoms with Gasteiger partial charge in [-0.25, -0.2) is 9.59 Å². The third-order valence-corrected chi connectivity index (χ3v) is 6.18. The van der Waals surface area contributed by atoms with E-state index in [1.165, 1.54) is 0 Å². The number of fused-ring (bicyclic) bond motifs is 2. The molecule has 4 atom stereocenters. The zero-order chi connectivity index (χ0) is 23.2. The molecule has 0 heterocycles. The number of carbonyl (C=O) groups excluding carboxylic acids is 2. The molecule has 33 heavy (non-hydrogen) atoms. The van der Waals surface area contributed by atoms with Gasteiger partial charge in [0, 0.05) is 0 Å². The maximum atomic E-state index is 13.0. The van der Waals surface area contributed by atoms with Gasteiger partial charge in [0.25, 0.3) is 0 Å². The number of rotatable bonds is 10. The Labute approximate surface area is 194 Å². The van der Waals surface area contributed by atoms with Gasteiger partial charge in [-0.1, -0.05) is 60.7 Å². The highest BCUT2D eigenvalue weighted by Crippen LogP contribution is 2.49. The van der Waals surface area contributed by atoms with E-state index in [1.807, 2.05) is 60.7 Å². The van der Waals surface area contributed by atoms with Crippen molar-refractivity contribution >= 4 is 11.9 Å². The van der Waals surface area contributed by atoms with Crippen LogP contribution in [0.1, 0.15) is 44.2 Å². The van der Waals surface area contributed by atoms with Gasteiger partial charge in [0.2, 0.25) is 12.6 Å². The van der Waals surface area contributed by atoms with Crippen LogP contribution in [-0.2, 0) is 41.8 Å². The third kappa shape index (κ3) is 5.89. The van der Waals surface area contributed by atoms with Gasteiger partial charge in [0.05, 0.1) is 24.4 Å². The van der Waals surface area contributed by atoms with Gasteiger partial charge >= 0.3 is 11.9 Å². The number of ether oxygens (including phenoxy) is 4. The van der Waals surface area contributed by atoms with E-state index in [1.54, 1.807) is 13.8 Å². The smallest absolute Gasteiger partial charge is 0.337 e. The zero-order valence-corrected chi connectivity index (χ0v) is 19.1. The standard InChI is InChI=1S/C27H30O6/c1-18(30-16-20-9-5-3-6-10-20)32-26(28)24-22-13-14-23(15-22)25(24)27(29)33-19(2)31-17-21-11-7-4-8-12-21/h3-12,18-19,22-23H,13-17H2,1-2H3/t18-,19?,22?,23?/m0/s1. The van der Waals surface area contributed by atoms with Crippen LogP contribution >= 0.6 is 0 Å². The average Bonchev–Trinajstić information content (AvgIpc) is 3.45. The molecular weight excluding hydrogens is 420 g/mol. The van der Waals surface area contributed by atoms with Crippen molar-refractivity contribution in [3.8, 4) is 0 Å². The van der Waals surface area contributed by atoms with Crippen LogP contribution in [-0.4, -0.2) is 24.5 Å². The highest BCUT2D eigenvalue weighted by molar-refractivity contribution is 6.02. The summed E-state index contributed by atoms with van der Waals surface area (Å²) < 4.78 is 22.4. The van der Waals surface area contributed by atoms with Crippen molar-refractivity contribution in [2.45, 2.75) is 58.9 Å². The summed E-state index contributed by atoms with van der Waals surface area (Å²) in [5.74, 6) is -0.918. The summed E-state index contributed by atoms with van der Waals surface area (Å²) in [6.45, 7) is 4.05. The van der Waals surface area contributed by atoms with Crippen molar-refractivity contribution in [2.75, 3.05) is 0 Å². The van der Waals surface area contributed by atoms with Crippen LogP contribution in [0.4, 0.5) is 0 Å². The summed E-state index contributed by atoms with van der Waals surface area (Å²) in [5, 5.41) is 0. The predicted molar refractivity (Wildman–Crippen MR) is 121 cm³/mol. The summed E-state index contributed by atoms with van der Waals surface area (Å²) in [6.07, 6.45) is 1.09. The van der Waals surface area contributed by atoms with Crippen LogP contribution in [0, 0.1) is 11.8 Å². The number of hydrogen-bond acceptors (Lipinski definition) is 6. The molecule has 2 aromatic carbocycles. The topological polar surface area (TPSA) is 71.1 Å². The Hall–Kier alpha value is -2.96. The molecule has 0 aromatic heterocycles. The van der Waals surface area contributed by atoms with Crippen LogP contribution in [0.5, 0.6) is 0 Å².